The molecule has 4 heteroatoms. The van der Waals surface area contributed by atoms with Gasteiger partial charge in [0.25, 0.3) is 0 Å². The van der Waals surface area contributed by atoms with E-state index in [-0.39, 0.29) is 29.9 Å². The van der Waals surface area contributed by atoms with Crippen molar-refractivity contribution in [3.63, 3.8) is 0 Å². The van der Waals surface area contributed by atoms with Crippen LogP contribution in [0.2, 0.25) is 0 Å². The standard InChI is InChI=1S/C14H22N2O2/c1-9(11-5-3-6-11)16-10(2)13(17)15-8-4-7-12(15)14(16)18/h9-12H,3-8H2,1-2H3. The van der Waals surface area contributed by atoms with Crippen LogP contribution >= 0.6 is 0 Å². The molecule has 18 heavy (non-hydrogen) atoms. The fourth-order valence-electron chi connectivity index (χ4n) is 3.71. The van der Waals surface area contributed by atoms with E-state index in [9.17, 15) is 9.59 Å². The summed E-state index contributed by atoms with van der Waals surface area (Å²) in [4.78, 5) is 28.6. The van der Waals surface area contributed by atoms with Crippen LogP contribution in [-0.2, 0) is 9.59 Å². The molecule has 3 unspecified atom stereocenters. The fraction of sp³-hybridized carbons (Fsp3) is 0.857. The Kier molecular flexibility index (Phi) is 2.83. The maximum Gasteiger partial charge on any atom is 0.246 e. The van der Waals surface area contributed by atoms with Crippen LogP contribution in [0.25, 0.3) is 0 Å². The van der Waals surface area contributed by atoms with Crippen LogP contribution in [0, 0.1) is 5.92 Å². The van der Waals surface area contributed by atoms with Crippen LogP contribution in [-0.4, -0.2) is 46.3 Å². The summed E-state index contributed by atoms with van der Waals surface area (Å²) in [6.07, 6.45) is 5.51. The molecular weight excluding hydrogens is 228 g/mol. The van der Waals surface area contributed by atoms with Crippen molar-refractivity contribution in [3.8, 4) is 0 Å². The highest BCUT2D eigenvalue weighted by atomic mass is 16.2. The van der Waals surface area contributed by atoms with E-state index >= 15 is 0 Å². The van der Waals surface area contributed by atoms with Crippen molar-refractivity contribution in [2.45, 2.75) is 64.1 Å². The zero-order valence-electron chi connectivity index (χ0n) is 11.3. The minimum absolute atomic E-state index is 0.156. The van der Waals surface area contributed by atoms with Gasteiger partial charge in [0.2, 0.25) is 11.8 Å². The Hall–Kier alpha value is -1.06. The summed E-state index contributed by atoms with van der Waals surface area (Å²) in [5.74, 6) is 0.958. The zero-order chi connectivity index (χ0) is 12.9. The molecule has 0 aromatic heterocycles. The normalized spacial score (nSPS) is 34.6. The van der Waals surface area contributed by atoms with Crippen LogP contribution in [0.5, 0.6) is 0 Å². The fourth-order valence-corrected chi connectivity index (χ4v) is 3.71. The Balaban J connectivity index is 1.83. The van der Waals surface area contributed by atoms with Crippen molar-refractivity contribution < 1.29 is 9.59 Å². The van der Waals surface area contributed by atoms with Gasteiger partial charge in [0.15, 0.2) is 0 Å². The summed E-state index contributed by atoms with van der Waals surface area (Å²) < 4.78 is 0. The first-order valence-corrected chi connectivity index (χ1v) is 7.24. The van der Waals surface area contributed by atoms with Crippen LogP contribution in [0.3, 0.4) is 0 Å². The Morgan fingerprint density at radius 3 is 2.44 bits per heavy atom. The smallest absolute Gasteiger partial charge is 0.246 e. The summed E-state index contributed by atoms with van der Waals surface area (Å²) >= 11 is 0. The highest BCUT2D eigenvalue weighted by Gasteiger charge is 2.48. The number of piperazine rings is 1. The van der Waals surface area contributed by atoms with Gasteiger partial charge in [-0.1, -0.05) is 6.42 Å². The molecule has 100 valence electrons. The first-order valence-electron chi connectivity index (χ1n) is 7.24. The van der Waals surface area contributed by atoms with Gasteiger partial charge in [-0.3, -0.25) is 9.59 Å². The van der Waals surface area contributed by atoms with E-state index in [1.807, 2.05) is 11.8 Å². The maximum absolute atomic E-state index is 12.6. The van der Waals surface area contributed by atoms with E-state index in [1.165, 1.54) is 19.3 Å². The second kappa shape index (κ2) is 4.25. The third-order valence-electron chi connectivity index (χ3n) is 5.12. The van der Waals surface area contributed by atoms with E-state index in [4.69, 9.17) is 0 Å². The molecule has 0 N–H and O–H groups in total. The summed E-state index contributed by atoms with van der Waals surface area (Å²) in [7, 11) is 0. The predicted molar refractivity (Wildman–Crippen MR) is 67.8 cm³/mol. The molecular formula is C14H22N2O2. The summed E-state index contributed by atoms with van der Waals surface area (Å²) in [6.45, 7) is 4.78. The lowest BCUT2D eigenvalue weighted by Crippen LogP contribution is -2.65. The van der Waals surface area contributed by atoms with Gasteiger partial charge in [0.05, 0.1) is 0 Å². The molecule has 0 aromatic carbocycles. The number of amides is 2. The van der Waals surface area contributed by atoms with E-state index in [2.05, 4.69) is 6.92 Å². The van der Waals surface area contributed by atoms with Crippen LogP contribution in [0.15, 0.2) is 0 Å². The second-order valence-electron chi connectivity index (χ2n) is 6.04. The van der Waals surface area contributed by atoms with Gasteiger partial charge in [-0.15, -0.1) is 0 Å². The SMILES string of the molecule is CC1C(=O)N2CCCC2C(=O)N1C(C)C1CCC1. The Morgan fingerprint density at radius 2 is 1.83 bits per heavy atom. The molecule has 3 fully saturated rings. The van der Waals surface area contributed by atoms with Crippen molar-refractivity contribution in [2.75, 3.05) is 6.54 Å². The van der Waals surface area contributed by atoms with Crippen molar-refractivity contribution in [2.24, 2.45) is 5.92 Å². The molecule has 0 spiro atoms. The Labute approximate surface area is 108 Å². The third kappa shape index (κ3) is 1.57. The van der Waals surface area contributed by atoms with Gasteiger partial charge in [0, 0.05) is 12.6 Å². The maximum atomic E-state index is 12.6. The molecule has 0 aromatic rings. The number of fused-ring (bicyclic) bond motifs is 1. The Morgan fingerprint density at radius 1 is 1.11 bits per heavy atom. The second-order valence-corrected chi connectivity index (χ2v) is 6.04. The molecule has 1 saturated carbocycles. The van der Waals surface area contributed by atoms with Gasteiger partial charge in [-0.05, 0) is 45.4 Å². The average Bonchev–Trinajstić information content (AvgIpc) is 2.73. The first-order chi connectivity index (χ1) is 8.61. The molecule has 0 radical (unpaired) electrons. The minimum Gasteiger partial charge on any atom is -0.329 e. The highest BCUT2D eigenvalue weighted by molar-refractivity contribution is 5.97. The number of nitrogens with zero attached hydrogens (tertiary/aromatic N) is 2. The van der Waals surface area contributed by atoms with Gasteiger partial charge < -0.3 is 9.80 Å². The Bertz CT molecular complexity index is 378. The molecule has 2 heterocycles. The summed E-state index contributed by atoms with van der Waals surface area (Å²) in [5.41, 5.74) is 0. The summed E-state index contributed by atoms with van der Waals surface area (Å²) in [5, 5.41) is 0. The lowest BCUT2D eigenvalue weighted by Gasteiger charge is -2.47. The molecule has 0 bridgehead atoms. The van der Waals surface area contributed by atoms with Gasteiger partial charge in [-0.2, -0.15) is 0 Å². The molecule has 2 amide bonds. The molecule has 1 aliphatic carbocycles. The number of carbonyl (C=O) groups excluding carboxylic acids is 2. The average molecular weight is 250 g/mol. The summed E-state index contributed by atoms with van der Waals surface area (Å²) in [6, 6.07) is -0.188. The van der Waals surface area contributed by atoms with E-state index in [0.29, 0.717) is 5.92 Å². The molecule has 2 aliphatic heterocycles. The lowest BCUT2D eigenvalue weighted by atomic mass is 9.79. The quantitative estimate of drug-likeness (QED) is 0.743. The molecule has 3 rings (SSSR count). The number of carbonyl (C=O) groups is 2. The van der Waals surface area contributed by atoms with Gasteiger partial charge in [-0.25, -0.2) is 0 Å². The molecule has 4 nitrogen and oxygen atoms in total. The van der Waals surface area contributed by atoms with Crippen molar-refractivity contribution in [3.05, 3.63) is 0 Å². The van der Waals surface area contributed by atoms with Gasteiger partial charge >= 0.3 is 0 Å². The van der Waals surface area contributed by atoms with Crippen molar-refractivity contribution in [1.82, 2.24) is 9.80 Å². The third-order valence-corrected chi connectivity index (χ3v) is 5.12. The number of hydrogen-bond acceptors (Lipinski definition) is 2. The largest absolute Gasteiger partial charge is 0.329 e. The van der Waals surface area contributed by atoms with Crippen molar-refractivity contribution >= 4 is 11.8 Å². The van der Waals surface area contributed by atoms with Gasteiger partial charge in [0.1, 0.15) is 12.1 Å². The van der Waals surface area contributed by atoms with E-state index in [0.717, 1.165) is 19.4 Å². The topological polar surface area (TPSA) is 40.6 Å². The van der Waals surface area contributed by atoms with Crippen LogP contribution in [0.1, 0.15) is 46.0 Å². The van der Waals surface area contributed by atoms with Crippen LogP contribution in [0.4, 0.5) is 0 Å². The van der Waals surface area contributed by atoms with E-state index in [1.54, 1.807) is 4.90 Å². The number of rotatable bonds is 2. The zero-order valence-corrected chi connectivity index (χ0v) is 11.3. The van der Waals surface area contributed by atoms with Crippen molar-refractivity contribution in [1.29, 1.82) is 0 Å². The molecule has 2 saturated heterocycles. The minimum atomic E-state index is -0.262. The number of hydrogen-bond donors (Lipinski definition) is 0. The monoisotopic (exact) mass is 250 g/mol. The lowest BCUT2D eigenvalue weighted by molar-refractivity contribution is -0.162. The van der Waals surface area contributed by atoms with E-state index < -0.39 is 0 Å². The molecule has 3 atom stereocenters. The van der Waals surface area contributed by atoms with Crippen LogP contribution < -0.4 is 0 Å². The predicted octanol–water partition coefficient (Wildman–Crippen LogP) is 1.40. The molecule has 3 aliphatic rings. The highest BCUT2D eigenvalue weighted by Crippen LogP contribution is 2.36. The first kappa shape index (κ1) is 12.0.